The number of anilines is 2. The maximum Gasteiger partial charge on any atom is 0.264 e. The Labute approximate surface area is 238 Å². The van der Waals surface area contributed by atoms with Gasteiger partial charge in [0.1, 0.15) is 5.75 Å². The lowest BCUT2D eigenvalue weighted by molar-refractivity contribution is 0.0947. The van der Waals surface area contributed by atoms with Gasteiger partial charge in [0, 0.05) is 51.4 Å². The molecule has 0 atom stereocenters. The van der Waals surface area contributed by atoms with Crippen molar-refractivity contribution in [2.75, 3.05) is 62.1 Å². The summed E-state index contributed by atoms with van der Waals surface area (Å²) in [5.41, 5.74) is 3.18. The van der Waals surface area contributed by atoms with Crippen LogP contribution >= 0.6 is 11.3 Å². The van der Waals surface area contributed by atoms with Crippen LogP contribution in [0.2, 0.25) is 0 Å². The number of aromatic nitrogens is 1. The number of piperazine rings is 1. The molecule has 1 amide bonds. The predicted octanol–water partition coefficient (Wildman–Crippen LogP) is 3.61. The van der Waals surface area contributed by atoms with E-state index in [4.69, 9.17) is 9.72 Å². The first-order valence-electron chi connectivity index (χ1n) is 13.3. The van der Waals surface area contributed by atoms with Crippen LogP contribution in [0.5, 0.6) is 5.75 Å². The highest BCUT2D eigenvalue weighted by Gasteiger charge is 2.30. The highest BCUT2D eigenvalue weighted by atomic mass is 32.2. The number of nitrogens with zero attached hydrogens (tertiary/aromatic N) is 4. The van der Waals surface area contributed by atoms with Crippen LogP contribution in [-0.4, -0.2) is 77.1 Å². The quantitative estimate of drug-likeness (QED) is 0.342. The predicted molar refractivity (Wildman–Crippen MR) is 158 cm³/mol. The molecule has 0 unspecified atom stereocenters. The number of thiazole rings is 1. The molecule has 0 spiro atoms. The zero-order valence-corrected chi connectivity index (χ0v) is 23.9. The Balaban J connectivity index is 0.987. The first kappa shape index (κ1) is 26.5. The maximum absolute atomic E-state index is 13.2. The summed E-state index contributed by atoms with van der Waals surface area (Å²) in [5.74, 6) is 0.628. The molecule has 0 radical (unpaired) electrons. The number of nitrogens with one attached hydrogen (secondary N) is 1. The van der Waals surface area contributed by atoms with Crippen molar-refractivity contribution in [3.8, 4) is 5.75 Å². The summed E-state index contributed by atoms with van der Waals surface area (Å²) in [6, 6.07) is 19.7. The number of fused-ring (bicyclic) bond motifs is 2. The molecular weight excluding hydrogens is 546 g/mol. The molecular formula is C29H31N5O4S2. The topological polar surface area (TPSA) is 95.1 Å². The van der Waals surface area contributed by atoms with Crippen LogP contribution in [0.4, 0.5) is 10.8 Å². The maximum atomic E-state index is 13.2. The molecule has 208 valence electrons. The Morgan fingerprint density at radius 3 is 2.55 bits per heavy atom. The van der Waals surface area contributed by atoms with Gasteiger partial charge in [-0.15, -0.1) is 0 Å². The van der Waals surface area contributed by atoms with Crippen molar-refractivity contribution in [1.29, 1.82) is 0 Å². The minimum Gasteiger partial charge on any atom is -0.497 e. The minimum absolute atomic E-state index is 0.186. The highest BCUT2D eigenvalue weighted by Crippen LogP contribution is 2.33. The average Bonchev–Trinajstić information content (AvgIpc) is 3.62. The molecule has 40 heavy (non-hydrogen) atoms. The number of benzene rings is 3. The fourth-order valence-electron chi connectivity index (χ4n) is 5.21. The Bertz CT molecular complexity index is 1630. The smallest absolute Gasteiger partial charge is 0.264 e. The lowest BCUT2D eigenvalue weighted by atomic mass is 10.2. The number of methoxy groups -OCH3 is 1. The fraction of sp³-hybridized carbons (Fsp3) is 0.310. The number of carbonyl (C=O) groups excluding carboxylic acids is 1. The average molecular weight is 578 g/mol. The van der Waals surface area contributed by atoms with Crippen LogP contribution in [0.3, 0.4) is 0 Å². The molecule has 9 nitrogen and oxygen atoms in total. The number of rotatable bonds is 8. The monoisotopic (exact) mass is 577 g/mol. The molecule has 4 aromatic rings. The molecule has 0 saturated carbocycles. The Morgan fingerprint density at radius 2 is 1.77 bits per heavy atom. The third-order valence-electron chi connectivity index (χ3n) is 7.49. The zero-order chi connectivity index (χ0) is 27.7. The summed E-state index contributed by atoms with van der Waals surface area (Å²) in [6.45, 7) is 5.23. The highest BCUT2D eigenvalue weighted by molar-refractivity contribution is 7.92. The summed E-state index contributed by atoms with van der Waals surface area (Å²) in [7, 11) is -2.01. The van der Waals surface area contributed by atoms with Gasteiger partial charge in [0.15, 0.2) is 5.13 Å². The van der Waals surface area contributed by atoms with Crippen molar-refractivity contribution >= 4 is 48.3 Å². The summed E-state index contributed by atoms with van der Waals surface area (Å²) < 4.78 is 34.3. The normalized spacial score (nSPS) is 15.8. The summed E-state index contributed by atoms with van der Waals surface area (Å²) in [4.78, 5) is 22.3. The van der Waals surface area contributed by atoms with Gasteiger partial charge in [-0.05, 0) is 60.5 Å². The van der Waals surface area contributed by atoms with E-state index in [1.165, 1.54) is 16.4 Å². The third kappa shape index (κ3) is 5.24. The number of sulfonamides is 1. The largest absolute Gasteiger partial charge is 0.497 e. The van der Waals surface area contributed by atoms with E-state index in [1.807, 2.05) is 42.5 Å². The second-order valence-electron chi connectivity index (χ2n) is 9.89. The molecule has 11 heteroatoms. The van der Waals surface area contributed by atoms with Crippen molar-refractivity contribution in [1.82, 2.24) is 15.2 Å². The van der Waals surface area contributed by atoms with Crippen LogP contribution in [0, 0.1) is 0 Å². The molecule has 0 bridgehead atoms. The lowest BCUT2D eigenvalue weighted by Crippen LogP contribution is -2.48. The number of ether oxygens (including phenoxy) is 1. The first-order valence-corrected chi connectivity index (χ1v) is 15.6. The number of para-hydroxylation sites is 1. The molecule has 3 aromatic carbocycles. The van der Waals surface area contributed by atoms with Crippen LogP contribution < -0.4 is 19.3 Å². The molecule has 1 fully saturated rings. The molecule has 3 heterocycles. The van der Waals surface area contributed by atoms with E-state index in [9.17, 15) is 13.2 Å². The van der Waals surface area contributed by atoms with Crippen molar-refractivity contribution in [3.05, 3.63) is 77.9 Å². The van der Waals surface area contributed by atoms with E-state index < -0.39 is 10.0 Å². The second kappa shape index (κ2) is 11.1. The van der Waals surface area contributed by atoms with Gasteiger partial charge in [-0.3, -0.25) is 14.0 Å². The van der Waals surface area contributed by atoms with Gasteiger partial charge >= 0.3 is 0 Å². The van der Waals surface area contributed by atoms with Gasteiger partial charge in [-0.1, -0.05) is 29.5 Å². The van der Waals surface area contributed by atoms with E-state index in [1.54, 1.807) is 30.6 Å². The van der Waals surface area contributed by atoms with Crippen LogP contribution in [-0.2, 0) is 16.4 Å². The van der Waals surface area contributed by atoms with E-state index in [2.05, 4.69) is 15.1 Å². The Hall–Kier alpha value is -3.67. The standard InChI is InChI=1S/C29H31N5O4S2/c1-38-23-8-11-25-27(20-23)39-29(31-25)33-18-16-32(17-19-33)15-13-30-28(35)22-6-9-24(10-7-22)40(36,37)34-14-12-21-4-2-3-5-26(21)34/h2-11,20H,12-19H2,1H3,(H,30,35). The van der Waals surface area contributed by atoms with E-state index in [-0.39, 0.29) is 10.8 Å². The number of hydrogen-bond acceptors (Lipinski definition) is 8. The molecule has 0 aliphatic carbocycles. The summed E-state index contributed by atoms with van der Waals surface area (Å²) in [6.07, 6.45) is 0.697. The number of hydrogen-bond donors (Lipinski definition) is 1. The van der Waals surface area contributed by atoms with Gasteiger partial charge in [-0.25, -0.2) is 13.4 Å². The van der Waals surface area contributed by atoms with Gasteiger partial charge in [0.05, 0.1) is 27.9 Å². The van der Waals surface area contributed by atoms with Crippen molar-refractivity contribution in [2.24, 2.45) is 0 Å². The SMILES string of the molecule is COc1ccc2nc(N3CCN(CCNC(=O)c4ccc(S(=O)(=O)N5CCc6ccccc65)cc4)CC3)sc2c1. The first-order chi connectivity index (χ1) is 19.4. The van der Waals surface area contributed by atoms with Crippen molar-refractivity contribution < 1.29 is 17.9 Å². The molecule has 1 aromatic heterocycles. The van der Waals surface area contributed by atoms with Gasteiger partial charge in [0.2, 0.25) is 0 Å². The number of carbonyl (C=O) groups is 1. The molecule has 1 N–H and O–H groups in total. The van der Waals surface area contributed by atoms with Gasteiger partial charge in [0.25, 0.3) is 15.9 Å². The molecule has 1 saturated heterocycles. The van der Waals surface area contributed by atoms with Crippen LogP contribution in [0.1, 0.15) is 15.9 Å². The summed E-state index contributed by atoms with van der Waals surface area (Å²) in [5, 5.41) is 3.99. The molecule has 2 aliphatic rings. The van der Waals surface area contributed by atoms with Crippen molar-refractivity contribution in [2.45, 2.75) is 11.3 Å². The van der Waals surface area contributed by atoms with Gasteiger partial charge < -0.3 is 15.0 Å². The fourth-order valence-corrected chi connectivity index (χ4v) is 7.76. The van der Waals surface area contributed by atoms with E-state index >= 15 is 0 Å². The van der Waals surface area contributed by atoms with E-state index in [0.717, 1.165) is 65.1 Å². The third-order valence-corrected chi connectivity index (χ3v) is 10.4. The van der Waals surface area contributed by atoms with Crippen molar-refractivity contribution in [3.63, 3.8) is 0 Å². The van der Waals surface area contributed by atoms with E-state index in [0.29, 0.717) is 25.1 Å². The number of amides is 1. The van der Waals surface area contributed by atoms with Crippen LogP contribution in [0.25, 0.3) is 10.2 Å². The van der Waals surface area contributed by atoms with Crippen LogP contribution in [0.15, 0.2) is 71.6 Å². The molecule has 6 rings (SSSR count). The zero-order valence-electron chi connectivity index (χ0n) is 22.2. The Morgan fingerprint density at radius 1 is 1.00 bits per heavy atom. The molecule has 2 aliphatic heterocycles. The minimum atomic E-state index is -3.68. The summed E-state index contributed by atoms with van der Waals surface area (Å²) >= 11 is 1.68. The Kier molecular flexibility index (Phi) is 7.35. The lowest BCUT2D eigenvalue weighted by Gasteiger charge is -2.34. The van der Waals surface area contributed by atoms with Gasteiger partial charge in [-0.2, -0.15) is 0 Å². The second-order valence-corrected chi connectivity index (χ2v) is 12.8.